The number of hydrogen-bond acceptors (Lipinski definition) is 4. The lowest BCUT2D eigenvalue weighted by Crippen LogP contribution is -2.33. The van der Waals surface area contributed by atoms with Crippen LogP contribution in [0.4, 0.5) is 11.4 Å². The van der Waals surface area contributed by atoms with Gasteiger partial charge in [-0.2, -0.15) is 5.26 Å². The zero-order valence-electron chi connectivity index (χ0n) is 9.63. The van der Waals surface area contributed by atoms with Gasteiger partial charge in [0.05, 0.1) is 17.4 Å². The number of anilines is 2. The summed E-state index contributed by atoms with van der Waals surface area (Å²) in [6.07, 6.45) is 0.652. The van der Waals surface area contributed by atoms with Gasteiger partial charge in [0.15, 0.2) is 5.75 Å². The molecule has 0 spiro atoms. The summed E-state index contributed by atoms with van der Waals surface area (Å²) in [5.41, 5.74) is 6.58. The third-order valence-electron chi connectivity index (χ3n) is 2.21. The molecule has 0 saturated heterocycles. The minimum Gasteiger partial charge on any atom is -0.397 e. The smallest absolute Gasteiger partial charge is 0.248 e. The van der Waals surface area contributed by atoms with E-state index in [1.807, 2.05) is 6.92 Å². The number of para-hydroxylation sites is 2. The van der Waals surface area contributed by atoms with E-state index in [1.54, 1.807) is 30.3 Å². The SMILES string of the molecule is CCCN(c1ccccc1N)S(=O)(=O)CC#N. The van der Waals surface area contributed by atoms with E-state index in [0.29, 0.717) is 24.3 Å². The van der Waals surface area contributed by atoms with Gasteiger partial charge < -0.3 is 5.73 Å². The van der Waals surface area contributed by atoms with Crippen molar-refractivity contribution in [2.24, 2.45) is 0 Å². The third-order valence-corrected chi connectivity index (χ3v) is 3.76. The monoisotopic (exact) mass is 253 g/mol. The average molecular weight is 253 g/mol. The summed E-state index contributed by atoms with van der Waals surface area (Å²) in [5.74, 6) is -0.540. The van der Waals surface area contributed by atoms with Crippen LogP contribution < -0.4 is 10.0 Å². The molecule has 1 rings (SSSR count). The highest BCUT2D eigenvalue weighted by Gasteiger charge is 2.22. The van der Waals surface area contributed by atoms with Crippen LogP contribution >= 0.6 is 0 Å². The molecule has 0 unspecified atom stereocenters. The molecule has 0 aliphatic carbocycles. The zero-order chi connectivity index (χ0) is 12.9. The molecule has 1 aromatic carbocycles. The molecule has 0 aromatic heterocycles. The second kappa shape index (κ2) is 5.55. The lowest BCUT2D eigenvalue weighted by Gasteiger charge is -2.23. The van der Waals surface area contributed by atoms with Crippen LogP contribution in [0.3, 0.4) is 0 Å². The van der Waals surface area contributed by atoms with Crippen molar-refractivity contribution in [3.05, 3.63) is 24.3 Å². The number of benzene rings is 1. The number of sulfonamides is 1. The van der Waals surface area contributed by atoms with Crippen molar-refractivity contribution in [1.82, 2.24) is 0 Å². The zero-order valence-corrected chi connectivity index (χ0v) is 10.4. The topological polar surface area (TPSA) is 87.2 Å². The molecule has 0 saturated carbocycles. The van der Waals surface area contributed by atoms with Crippen LogP contribution in [0.1, 0.15) is 13.3 Å². The first-order valence-corrected chi connectivity index (χ1v) is 6.85. The molecule has 17 heavy (non-hydrogen) atoms. The molecule has 0 amide bonds. The first kappa shape index (κ1) is 13.3. The van der Waals surface area contributed by atoms with Crippen molar-refractivity contribution in [2.45, 2.75) is 13.3 Å². The van der Waals surface area contributed by atoms with E-state index in [4.69, 9.17) is 11.0 Å². The summed E-state index contributed by atoms with van der Waals surface area (Å²) in [6.45, 7) is 2.19. The molecule has 5 nitrogen and oxygen atoms in total. The van der Waals surface area contributed by atoms with Gasteiger partial charge in [-0.15, -0.1) is 0 Å². The van der Waals surface area contributed by atoms with Crippen molar-refractivity contribution < 1.29 is 8.42 Å². The second-order valence-corrected chi connectivity index (χ2v) is 5.44. The Morgan fingerprint density at radius 3 is 2.59 bits per heavy atom. The Balaban J connectivity index is 3.20. The van der Waals surface area contributed by atoms with Gasteiger partial charge in [0.2, 0.25) is 10.0 Å². The van der Waals surface area contributed by atoms with Crippen molar-refractivity contribution in [3.8, 4) is 6.07 Å². The van der Waals surface area contributed by atoms with Gasteiger partial charge in [-0.25, -0.2) is 8.42 Å². The molecule has 92 valence electrons. The lowest BCUT2D eigenvalue weighted by molar-refractivity contribution is 0.593. The first-order chi connectivity index (χ1) is 8.03. The van der Waals surface area contributed by atoms with E-state index in [0.717, 1.165) is 0 Å². The number of nitrogens with two attached hydrogens (primary N) is 1. The number of rotatable bonds is 5. The summed E-state index contributed by atoms with van der Waals surface area (Å²) in [4.78, 5) is 0. The maximum atomic E-state index is 11.9. The van der Waals surface area contributed by atoms with Crippen LogP contribution in [0, 0.1) is 11.3 Å². The fourth-order valence-electron chi connectivity index (χ4n) is 1.49. The highest BCUT2D eigenvalue weighted by Crippen LogP contribution is 2.25. The van der Waals surface area contributed by atoms with Gasteiger partial charge in [0, 0.05) is 6.54 Å². The Kier molecular flexibility index (Phi) is 4.35. The van der Waals surface area contributed by atoms with Crippen molar-refractivity contribution in [1.29, 1.82) is 5.26 Å². The summed E-state index contributed by atoms with van der Waals surface area (Å²) >= 11 is 0. The molecule has 0 aliphatic heterocycles. The highest BCUT2D eigenvalue weighted by molar-refractivity contribution is 7.93. The maximum absolute atomic E-state index is 11.9. The van der Waals surface area contributed by atoms with Crippen LogP contribution in [0.15, 0.2) is 24.3 Å². The minimum atomic E-state index is -3.62. The molecule has 6 heteroatoms. The largest absolute Gasteiger partial charge is 0.397 e. The van der Waals surface area contributed by atoms with Crippen LogP contribution in [-0.2, 0) is 10.0 Å². The Morgan fingerprint density at radius 1 is 1.41 bits per heavy atom. The van der Waals surface area contributed by atoms with Gasteiger partial charge in [0.1, 0.15) is 0 Å². The molecule has 2 N–H and O–H groups in total. The van der Waals surface area contributed by atoms with E-state index in [2.05, 4.69) is 0 Å². The minimum absolute atomic E-state index is 0.318. The van der Waals surface area contributed by atoms with Crippen LogP contribution in [-0.4, -0.2) is 20.7 Å². The van der Waals surface area contributed by atoms with Crippen LogP contribution in [0.2, 0.25) is 0 Å². The normalized spacial score (nSPS) is 10.8. The maximum Gasteiger partial charge on any atom is 0.248 e. The van der Waals surface area contributed by atoms with Crippen LogP contribution in [0.5, 0.6) is 0 Å². The highest BCUT2D eigenvalue weighted by atomic mass is 32.2. The predicted octanol–water partition coefficient (Wildman–Crippen LogP) is 1.34. The number of nitrogens with zero attached hydrogens (tertiary/aromatic N) is 2. The fourth-order valence-corrected chi connectivity index (χ4v) is 2.73. The van der Waals surface area contributed by atoms with Crippen molar-refractivity contribution in [2.75, 3.05) is 22.3 Å². The molecule has 0 radical (unpaired) electrons. The number of hydrogen-bond donors (Lipinski definition) is 1. The van der Waals surface area contributed by atoms with Gasteiger partial charge in [0.25, 0.3) is 0 Å². The third kappa shape index (κ3) is 3.11. The van der Waals surface area contributed by atoms with Gasteiger partial charge in [-0.1, -0.05) is 19.1 Å². The Hall–Kier alpha value is -1.74. The Morgan fingerprint density at radius 2 is 2.06 bits per heavy atom. The summed E-state index contributed by atoms with van der Waals surface area (Å²) in [5, 5.41) is 8.55. The Bertz CT molecular complexity index is 520. The van der Waals surface area contributed by atoms with E-state index < -0.39 is 15.8 Å². The summed E-state index contributed by atoms with van der Waals surface area (Å²) in [6, 6.07) is 8.40. The second-order valence-electron chi connectivity index (χ2n) is 3.55. The summed E-state index contributed by atoms with van der Waals surface area (Å²) in [7, 11) is -3.62. The number of nitriles is 1. The van der Waals surface area contributed by atoms with Crippen LogP contribution in [0.25, 0.3) is 0 Å². The number of nitrogen functional groups attached to an aromatic ring is 1. The Labute approximate surface area is 102 Å². The first-order valence-electron chi connectivity index (χ1n) is 5.24. The average Bonchev–Trinajstić information content (AvgIpc) is 2.27. The van der Waals surface area contributed by atoms with Gasteiger partial charge in [-0.3, -0.25) is 4.31 Å². The molecule has 0 bridgehead atoms. The van der Waals surface area contributed by atoms with E-state index in [-0.39, 0.29) is 0 Å². The fraction of sp³-hybridized carbons (Fsp3) is 0.364. The summed E-state index contributed by atoms with van der Waals surface area (Å²) < 4.78 is 25.0. The molecule has 1 aromatic rings. The quantitative estimate of drug-likeness (QED) is 0.802. The molecule has 0 heterocycles. The standard InChI is InChI=1S/C11H15N3O2S/c1-2-8-14(17(15,16)9-7-12)11-6-4-3-5-10(11)13/h3-6H,2,8-9,13H2,1H3. The molecule has 0 atom stereocenters. The van der Waals surface area contributed by atoms with Crippen molar-refractivity contribution >= 4 is 21.4 Å². The molecule has 0 fully saturated rings. The molecular formula is C11H15N3O2S. The van der Waals surface area contributed by atoms with Crippen molar-refractivity contribution in [3.63, 3.8) is 0 Å². The van der Waals surface area contributed by atoms with E-state index in [1.165, 1.54) is 4.31 Å². The van der Waals surface area contributed by atoms with E-state index >= 15 is 0 Å². The van der Waals surface area contributed by atoms with Gasteiger partial charge in [-0.05, 0) is 18.6 Å². The van der Waals surface area contributed by atoms with Gasteiger partial charge >= 0.3 is 0 Å². The predicted molar refractivity (Wildman–Crippen MR) is 67.9 cm³/mol. The lowest BCUT2D eigenvalue weighted by atomic mass is 10.2. The molecule has 0 aliphatic rings. The molecular weight excluding hydrogens is 238 g/mol. The van der Waals surface area contributed by atoms with E-state index in [9.17, 15) is 8.42 Å².